The van der Waals surface area contributed by atoms with Crippen LogP contribution in [-0.2, 0) is 4.79 Å². The zero-order valence-corrected chi connectivity index (χ0v) is 18.3. The number of hydrogen-bond donors (Lipinski definition) is 0. The van der Waals surface area contributed by atoms with E-state index in [1.54, 1.807) is 44.2 Å². The summed E-state index contributed by atoms with van der Waals surface area (Å²) in [4.78, 5) is 14.7. The van der Waals surface area contributed by atoms with Crippen molar-refractivity contribution in [1.82, 2.24) is 10.2 Å². The average Bonchev–Trinajstić information content (AvgIpc) is 3.28. The predicted octanol–water partition coefficient (Wildman–Crippen LogP) is 4.18. The fourth-order valence-electron chi connectivity index (χ4n) is 2.86. The van der Waals surface area contributed by atoms with E-state index in [-0.39, 0.29) is 17.6 Å². The van der Waals surface area contributed by atoms with Crippen molar-refractivity contribution in [2.24, 2.45) is 0 Å². The van der Waals surface area contributed by atoms with Crippen LogP contribution in [0, 0.1) is 11.3 Å². The minimum Gasteiger partial charge on any atom is -0.497 e. The number of thioether (sulfide) groups is 1. The largest absolute Gasteiger partial charge is 0.497 e. The van der Waals surface area contributed by atoms with Gasteiger partial charge < -0.3 is 18.8 Å². The summed E-state index contributed by atoms with van der Waals surface area (Å²) >= 11 is 1.17. The van der Waals surface area contributed by atoms with Gasteiger partial charge in [0.05, 0.1) is 32.0 Å². The van der Waals surface area contributed by atoms with Gasteiger partial charge in [-0.15, -0.1) is 10.2 Å². The molecule has 0 spiro atoms. The van der Waals surface area contributed by atoms with Gasteiger partial charge in [-0.3, -0.25) is 4.79 Å². The van der Waals surface area contributed by atoms with Gasteiger partial charge in [-0.2, -0.15) is 5.26 Å². The van der Waals surface area contributed by atoms with Crippen LogP contribution in [0.2, 0.25) is 0 Å². The van der Waals surface area contributed by atoms with Gasteiger partial charge in [-0.1, -0.05) is 30.0 Å². The van der Waals surface area contributed by atoms with Gasteiger partial charge in [0.1, 0.15) is 11.5 Å². The molecule has 0 saturated heterocycles. The van der Waals surface area contributed by atoms with Crippen LogP contribution in [0.25, 0.3) is 11.5 Å². The Labute approximate surface area is 184 Å². The van der Waals surface area contributed by atoms with E-state index in [1.807, 2.05) is 30.3 Å². The second-order valence-electron chi connectivity index (χ2n) is 6.47. The van der Waals surface area contributed by atoms with Crippen molar-refractivity contribution in [1.29, 1.82) is 5.26 Å². The van der Waals surface area contributed by atoms with E-state index >= 15 is 0 Å². The summed E-state index contributed by atoms with van der Waals surface area (Å²) in [5.74, 6) is 1.35. The molecule has 1 amide bonds. The normalized spacial score (nSPS) is 11.4. The van der Waals surface area contributed by atoms with Crippen molar-refractivity contribution >= 4 is 23.4 Å². The highest BCUT2D eigenvalue weighted by Gasteiger charge is 2.25. The number of nitriles is 1. The fraction of sp³-hybridized carbons (Fsp3) is 0.273. The van der Waals surface area contributed by atoms with E-state index in [1.165, 1.54) is 11.8 Å². The van der Waals surface area contributed by atoms with Gasteiger partial charge in [-0.25, -0.2) is 0 Å². The number of aromatic nitrogens is 2. The van der Waals surface area contributed by atoms with Gasteiger partial charge >= 0.3 is 0 Å². The number of hydrogen-bond acceptors (Lipinski definition) is 8. The number of methoxy groups -OCH3 is 2. The predicted molar refractivity (Wildman–Crippen MR) is 117 cm³/mol. The van der Waals surface area contributed by atoms with Gasteiger partial charge in [0.2, 0.25) is 11.8 Å². The highest BCUT2D eigenvalue weighted by molar-refractivity contribution is 8.00. The zero-order chi connectivity index (χ0) is 22.2. The van der Waals surface area contributed by atoms with Crippen molar-refractivity contribution in [3.05, 3.63) is 48.5 Å². The van der Waals surface area contributed by atoms with Crippen LogP contribution in [-0.4, -0.2) is 42.1 Å². The SMILES string of the molecule is COc1cc(OC)cc(-c2nnc(SC(C)C(=O)N(CCC#N)c3ccccc3)o2)c1. The van der Waals surface area contributed by atoms with Crippen molar-refractivity contribution < 1.29 is 18.7 Å². The molecule has 0 aliphatic heterocycles. The van der Waals surface area contributed by atoms with E-state index in [0.717, 1.165) is 5.69 Å². The summed E-state index contributed by atoms with van der Waals surface area (Å²) in [5.41, 5.74) is 1.39. The maximum absolute atomic E-state index is 13.1. The summed E-state index contributed by atoms with van der Waals surface area (Å²) < 4.78 is 16.3. The Morgan fingerprint density at radius 2 is 1.84 bits per heavy atom. The van der Waals surface area contributed by atoms with E-state index in [9.17, 15) is 4.79 Å². The van der Waals surface area contributed by atoms with Gasteiger partial charge in [0, 0.05) is 23.9 Å². The van der Waals surface area contributed by atoms with Crippen LogP contribution in [0.4, 0.5) is 5.69 Å². The first kappa shape index (κ1) is 22.2. The highest BCUT2D eigenvalue weighted by atomic mass is 32.2. The molecule has 0 N–H and O–H groups in total. The fourth-order valence-corrected chi connectivity index (χ4v) is 3.61. The number of ether oxygens (including phenoxy) is 2. The summed E-state index contributed by atoms with van der Waals surface area (Å²) in [5, 5.41) is 16.9. The number of nitrogens with zero attached hydrogens (tertiary/aromatic N) is 4. The van der Waals surface area contributed by atoms with E-state index in [2.05, 4.69) is 16.3 Å². The van der Waals surface area contributed by atoms with Crippen molar-refractivity contribution in [3.63, 3.8) is 0 Å². The number of amides is 1. The van der Waals surface area contributed by atoms with E-state index in [4.69, 9.17) is 19.2 Å². The summed E-state index contributed by atoms with van der Waals surface area (Å²) in [6.45, 7) is 2.08. The minimum absolute atomic E-state index is 0.144. The lowest BCUT2D eigenvalue weighted by atomic mass is 10.2. The Morgan fingerprint density at radius 1 is 1.16 bits per heavy atom. The van der Waals surface area contributed by atoms with Crippen LogP contribution >= 0.6 is 11.8 Å². The molecular weight excluding hydrogens is 416 g/mol. The molecule has 0 radical (unpaired) electrons. The van der Waals surface area contributed by atoms with Crippen LogP contribution in [0.1, 0.15) is 13.3 Å². The third-order valence-electron chi connectivity index (χ3n) is 4.41. The lowest BCUT2D eigenvalue weighted by Gasteiger charge is -2.24. The third-order valence-corrected chi connectivity index (χ3v) is 5.33. The second kappa shape index (κ2) is 10.5. The van der Waals surface area contributed by atoms with Crippen LogP contribution < -0.4 is 14.4 Å². The van der Waals surface area contributed by atoms with Gasteiger partial charge in [0.15, 0.2) is 0 Å². The topological polar surface area (TPSA) is 101 Å². The number of carbonyl (C=O) groups excluding carboxylic acids is 1. The van der Waals surface area contributed by atoms with E-state index < -0.39 is 5.25 Å². The Balaban J connectivity index is 1.76. The van der Waals surface area contributed by atoms with Gasteiger partial charge in [-0.05, 0) is 31.2 Å². The molecular formula is C22H22N4O4S. The molecule has 1 aromatic heterocycles. The number of para-hydroxylation sites is 1. The first-order valence-corrected chi connectivity index (χ1v) is 10.4. The second-order valence-corrected chi connectivity index (χ2v) is 7.76. The van der Waals surface area contributed by atoms with Crippen LogP contribution in [0.5, 0.6) is 11.5 Å². The van der Waals surface area contributed by atoms with Crippen molar-refractivity contribution in [3.8, 4) is 29.0 Å². The first-order chi connectivity index (χ1) is 15.0. The molecule has 1 atom stereocenters. The maximum atomic E-state index is 13.1. The monoisotopic (exact) mass is 438 g/mol. The number of carbonyl (C=O) groups is 1. The number of anilines is 1. The molecule has 3 rings (SSSR count). The molecule has 0 saturated carbocycles. The molecule has 0 aliphatic rings. The molecule has 3 aromatic rings. The number of benzene rings is 2. The Hall–Kier alpha value is -3.51. The van der Waals surface area contributed by atoms with Crippen molar-refractivity contribution in [2.75, 3.05) is 25.7 Å². The molecule has 2 aromatic carbocycles. The smallest absolute Gasteiger partial charge is 0.277 e. The van der Waals surface area contributed by atoms with Crippen molar-refractivity contribution in [2.45, 2.75) is 23.8 Å². The maximum Gasteiger partial charge on any atom is 0.277 e. The van der Waals surface area contributed by atoms with Crippen LogP contribution in [0.15, 0.2) is 58.2 Å². The van der Waals surface area contributed by atoms with E-state index in [0.29, 0.717) is 29.5 Å². The first-order valence-electron chi connectivity index (χ1n) is 9.52. The lowest BCUT2D eigenvalue weighted by molar-refractivity contribution is -0.117. The lowest BCUT2D eigenvalue weighted by Crippen LogP contribution is -2.37. The quantitative estimate of drug-likeness (QED) is 0.459. The average molecular weight is 439 g/mol. The molecule has 0 aliphatic carbocycles. The Morgan fingerprint density at radius 3 is 2.45 bits per heavy atom. The standard InChI is InChI=1S/C22H22N4O4S/c1-15(21(27)26(11-7-10-23)17-8-5-4-6-9-17)31-22-25-24-20(30-22)16-12-18(28-2)14-19(13-16)29-3/h4-6,8-9,12-15H,7,11H2,1-3H3. The van der Waals surface area contributed by atoms with Gasteiger partial charge in [0.25, 0.3) is 5.22 Å². The summed E-state index contributed by atoms with van der Waals surface area (Å²) in [6.07, 6.45) is 0.237. The Kier molecular flexibility index (Phi) is 7.51. The number of rotatable bonds is 9. The molecule has 1 heterocycles. The zero-order valence-electron chi connectivity index (χ0n) is 17.4. The highest BCUT2D eigenvalue weighted by Crippen LogP contribution is 2.32. The summed E-state index contributed by atoms with van der Waals surface area (Å²) in [7, 11) is 3.12. The molecule has 0 fully saturated rings. The Bertz CT molecular complexity index is 1040. The molecule has 1 unspecified atom stereocenters. The molecule has 8 nitrogen and oxygen atoms in total. The third kappa shape index (κ3) is 5.55. The minimum atomic E-state index is -0.493. The molecule has 31 heavy (non-hydrogen) atoms. The summed E-state index contributed by atoms with van der Waals surface area (Å²) in [6, 6.07) is 16.6. The van der Waals surface area contributed by atoms with Crippen LogP contribution in [0.3, 0.4) is 0 Å². The molecule has 160 valence electrons. The molecule has 0 bridgehead atoms. The molecule has 9 heteroatoms.